The maximum absolute atomic E-state index is 12.9. The van der Waals surface area contributed by atoms with Crippen LogP contribution in [0.25, 0.3) is 0 Å². The number of nitrogens with one attached hydrogen (secondary N) is 2. The van der Waals surface area contributed by atoms with Crippen LogP contribution in [0.2, 0.25) is 5.02 Å². The van der Waals surface area contributed by atoms with Crippen molar-refractivity contribution < 1.29 is 9.18 Å². The van der Waals surface area contributed by atoms with E-state index in [-0.39, 0.29) is 17.5 Å². The number of amides is 1. The average Bonchev–Trinajstić information content (AvgIpc) is 2.47. The summed E-state index contributed by atoms with van der Waals surface area (Å²) in [6.07, 6.45) is 0.841. The summed E-state index contributed by atoms with van der Waals surface area (Å²) in [6, 6.07) is 11.6. The second-order valence-electron chi connectivity index (χ2n) is 4.54. The Morgan fingerprint density at radius 1 is 1.19 bits per heavy atom. The summed E-state index contributed by atoms with van der Waals surface area (Å²) in [5.41, 5.74) is 2.40. The Morgan fingerprint density at radius 2 is 1.95 bits per heavy atom. The van der Waals surface area contributed by atoms with Crippen molar-refractivity contribution in [3.63, 3.8) is 0 Å². The number of carbonyl (C=O) groups is 1. The molecule has 0 saturated carbocycles. The highest BCUT2D eigenvalue weighted by Crippen LogP contribution is 2.22. The fraction of sp³-hybridized carbons (Fsp3) is 0.188. The van der Waals surface area contributed by atoms with Crippen LogP contribution >= 0.6 is 11.6 Å². The lowest BCUT2D eigenvalue weighted by Crippen LogP contribution is -2.22. The molecule has 2 rings (SSSR count). The van der Waals surface area contributed by atoms with Crippen molar-refractivity contribution in [2.45, 2.75) is 13.3 Å². The normalized spacial score (nSPS) is 10.2. The van der Waals surface area contributed by atoms with E-state index < -0.39 is 5.82 Å². The van der Waals surface area contributed by atoms with E-state index in [0.29, 0.717) is 5.69 Å². The van der Waals surface area contributed by atoms with E-state index in [1.54, 1.807) is 0 Å². The third kappa shape index (κ3) is 4.20. The fourth-order valence-corrected chi connectivity index (χ4v) is 2.19. The highest BCUT2D eigenvalue weighted by Gasteiger charge is 2.07. The first kappa shape index (κ1) is 15.3. The summed E-state index contributed by atoms with van der Waals surface area (Å²) in [5.74, 6) is -0.594. The molecule has 0 aromatic heterocycles. The van der Waals surface area contributed by atoms with E-state index in [1.807, 2.05) is 31.2 Å². The zero-order valence-corrected chi connectivity index (χ0v) is 12.4. The molecule has 0 unspecified atom stereocenters. The summed E-state index contributed by atoms with van der Waals surface area (Å²) in [4.78, 5) is 11.9. The Kier molecular flexibility index (Phi) is 5.17. The van der Waals surface area contributed by atoms with Gasteiger partial charge in [-0.2, -0.15) is 0 Å². The largest absolute Gasteiger partial charge is 0.375 e. The van der Waals surface area contributed by atoms with Crippen molar-refractivity contribution in [3.05, 3.63) is 58.9 Å². The Balaban J connectivity index is 1.96. The summed E-state index contributed by atoms with van der Waals surface area (Å²) >= 11 is 5.89. The summed E-state index contributed by atoms with van der Waals surface area (Å²) in [6.45, 7) is 2.09. The van der Waals surface area contributed by atoms with Crippen LogP contribution in [-0.2, 0) is 11.2 Å². The highest BCUT2D eigenvalue weighted by atomic mass is 35.5. The molecule has 0 spiro atoms. The van der Waals surface area contributed by atoms with Crippen molar-refractivity contribution in [1.82, 2.24) is 0 Å². The lowest BCUT2D eigenvalue weighted by molar-refractivity contribution is -0.114. The van der Waals surface area contributed by atoms with Crippen LogP contribution in [0.1, 0.15) is 12.5 Å². The zero-order valence-electron chi connectivity index (χ0n) is 11.6. The van der Waals surface area contributed by atoms with Crippen LogP contribution in [0.15, 0.2) is 42.5 Å². The first-order chi connectivity index (χ1) is 10.1. The topological polar surface area (TPSA) is 41.1 Å². The van der Waals surface area contributed by atoms with Crippen LogP contribution in [0.3, 0.4) is 0 Å². The lowest BCUT2D eigenvalue weighted by atomic mass is 10.1. The maximum atomic E-state index is 12.9. The lowest BCUT2D eigenvalue weighted by Gasteiger charge is -2.11. The Morgan fingerprint density at radius 3 is 2.67 bits per heavy atom. The van der Waals surface area contributed by atoms with Crippen LogP contribution in [-0.4, -0.2) is 12.5 Å². The van der Waals surface area contributed by atoms with Crippen molar-refractivity contribution >= 4 is 28.9 Å². The number of benzene rings is 2. The first-order valence-corrected chi connectivity index (χ1v) is 7.04. The van der Waals surface area contributed by atoms with Gasteiger partial charge in [0.25, 0.3) is 0 Å². The molecule has 0 heterocycles. The molecule has 0 radical (unpaired) electrons. The number of rotatable bonds is 5. The van der Waals surface area contributed by atoms with Gasteiger partial charge in [0, 0.05) is 5.69 Å². The van der Waals surface area contributed by atoms with Gasteiger partial charge < -0.3 is 10.6 Å². The average molecular weight is 307 g/mol. The number of halogens is 2. The molecule has 3 nitrogen and oxygen atoms in total. The molecule has 0 fully saturated rings. The molecule has 0 saturated heterocycles. The monoisotopic (exact) mass is 306 g/mol. The highest BCUT2D eigenvalue weighted by molar-refractivity contribution is 6.33. The van der Waals surface area contributed by atoms with Crippen molar-refractivity contribution in [2.75, 3.05) is 17.2 Å². The Labute approximate surface area is 128 Å². The van der Waals surface area contributed by atoms with Crippen LogP contribution in [0, 0.1) is 5.82 Å². The van der Waals surface area contributed by atoms with Crippen molar-refractivity contribution in [1.29, 1.82) is 0 Å². The first-order valence-electron chi connectivity index (χ1n) is 6.67. The fourth-order valence-electron chi connectivity index (χ4n) is 1.95. The number of anilines is 2. The van der Waals surface area contributed by atoms with Crippen LogP contribution < -0.4 is 10.6 Å². The number of para-hydroxylation sites is 1. The smallest absolute Gasteiger partial charge is 0.243 e. The number of carbonyl (C=O) groups excluding carboxylic acids is 1. The number of hydrogen-bond acceptors (Lipinski definition) is 2. The molecule has 5 heteroatoms. The molecule has 1 amide bonds. The molecule has 0 bridgehead atoms. The molecular formula is C16H16ClFN2O. The molecule has 0 aliphatic carbocycles. The van der Waals surface area contributed by atoms with Gasteiger partial charge in [0.15, 0.2) is 0 Å². The van der Waals surface area contributed by atoms with Gasteiger partial charge in [-0.25, -0.2) is 4.39 Å². The van der Waals surface area contributed by atoms with Gasteiger partial charge in [0.2, 0.25) is 5.91 Å². The molecule has 0 atom stereocenters. The second-order valence-corrected chi connectivity index (χ2v) is 4.94. The van der Waals surface area contributed by atoms with Crippen LogP contribution in [0.5, 0.6) is 0 Å². The van der Waals surface area contributed by atoms with Gasteiger partial charge in [-0.15, -0.1) is 0 Å². The summed E-state index contributed by atoms with van der Waals surface area (Å²) in [5, 5.41) is 5.98. The Hall–Kier alpha value is -2.07. The molecule has 2 aromatic rings. The third-order valence-corrected chi connectivity index (χ3v) is 3.36. The summed E-state index contributed by atoms with van der Waals surface area (Å²) < 4.78 is 12.9. The van der Waals surface area contributed by atoms with Gasteiger partial charge >= 0.3 is 0 Å². The molecule has 110 valence electrons. The SMILES string of the molecule is CCc1ccccc1NC(=O)CNc1ccc(F)cc1Cl. The van der Waals surface area contributed by atoms with Gasteiger partial charge in [-0.1, -0.05) is 36.7 Å². The standard InChI is InChI=1S/C16H16ClFN2O/c1-2-11-5-3-4-6-14(11)20-16(21)10-19-15-8-7-12(18)9-13(15)17/h3-9,19H,2,10H2,1H3,(H,20,21). The number of hydrogen-bond donors (Lipinski definition) is 2. The van der Waals surface area contributed by atoms with E-state index in [4.69, 9.17) is 11.6 Å². The van der Waals surface area contributed by atoms with Gasteiger partial charge in [-0.3, -0.25) is 4.79 Å². The van der Waals surface area contributed by atoms with E-state index >= 15 is 0 Å². The minimum atomic E-state index is -0.410. The van der Waals surface area contributed by atoms with Crippen molar-refractivity contribution in [3.8, 4) is 0 Å². The van der Waals surface area contributed by atoms with E-state index in [2.05, 4.69) is 10.6 Å². The van der Waals surface area contributed by atoms with E-state index in [1.165, 1.54) is 18.2 Å². The third-order valence-electron chi connectivity index (χ3n) is 3.04. The maximum Gasteiger partial charge on any atom is 0.243 e. The minimum absolute atomic E-state index is 0.0589. The molecule has 2 N–H and O–H groups in total. The molecule has 21 heavy (non-hydrogen) atoms. The zero-order chi connectivity index (χ0) is 15.2. The van der Waals surface area contributed by atoms with Crippen molar-refractivity contribution in [2.24, 2.45) is 0 Å². The van der Waals surface area contributed by atoms with E-state index in [0.717, 1.165) is 17.7 Å². The molecule has 0 aliphatic heterocycles. The Bertz CT molecular complexity index is 646. The predicted molar refractivity (Wildman–Crippen MR) is 84.3 cm³/mol. The van der Waals surface area contributed by atoms with Gasteiger partial charge in [0.1, 0.15) is 5.82 Å². The van der Waals surface area contributed by atoms with Gasteiger partial charge in [0.05, 0.1) is 17.3 Å². The quantitative estimate of drug-likeness (QED) is 0.873. The molecule has 2 aromatic carbocycles. The predicted octanol–water partition coefficient (Wildman–Crippen LogP) is 4.09. The van der Waals surface area contributed by atoms with Gasteiger partial charge in [-0.05, 0) is 36.2 Å². The molecule has 0 aliphatic rings. The van der Waals surface area contributed by atoms with Crippen LogP contribution in [0.4, 0.5) is 15.8 Å². The summed E-state index contributed by atoms with van der Waals surface area (Å²) in [7, 11) is 0. The molecular weight excluding hydrogens is 291 g/mol. The second kappa shape index (κ2) is 7.09. The number of aryl methyl sites for hydroxylation is 1. The minimum Gasteiger partial charge on any atom is -0.375 e. The van der Waals surface area contributed by atoms with E-state index in [9.17, 15) is 9.18 Å².